The van der Waals surface area contributed by atoms with E-state index < -0.39 is 0 Å². The van der Waals surface area contributed by atoms with E-state index >= 15 is 0 Å². The minimum Gasteiger partial charge on any atom is -0.494 e. The standard InChI is InChI=1S/C19H19ClN2O/c1-13-11-18(21-10-9-14-5-3-6-15(20)12-14)22-19-16(13)7-4-8-17(19)23-2/h3-8,11-12H,9-10H2,1-2H3,(H,21,22). The molecule has 1 heterocycles. The van der Waals surface area contributed by atoms with Crippen LogP contribution in [0.25, 0.3) is 10.9 Å². The van der Waals surface area contributed by atoms with Crippen LogP contribution in [0.15, 0.2) is 48.5 Å². The number of hydrogen-bond acceptors (Lipinski definition) is 3. The van der Waals surface area contributed by atoms with Gasteiger partial charge in [-0.25, -0.2) is 4.98 Å². The van der Waals surface area contributed by atoms with E-state index in [0.29, 0.717) is 0 Å². The van der Waals surface area contributed by atoms with Gasteiger partial charge in [0.15, 0.2) is 0 Å². The number of aromatic nitrogens is 1. The summed E-state index contributed by atoms with van der Waals surface area (Å²) in [7, 11) is 1.67. The van der Waals surface area contributed by atoms with Crippen molar-refractivity contribution in [1.29, 1.82) is 0 Å². The maximum Gasteiger partial charge on any atom is 0.145 e. The number of methoxy groups -OCH3 is 1. The van der Waals surface area contributed by atoms with Gasteiger partial charge in [0, 0.05) is 17.0 Å². The Bertz CT molecular complexity index is 833. The van der Waals surface area contributed by atoms with E-state index in [0.717, 1.165) is 40.5 Å². The van der Waals surface area contributed by atoms with Gasteiger partial charge in [0.25, 0.3) is 0 Å². The van der Waals surface area contributed by atoms with Crippen molar-refractivity contribution in [1.82, 2.24) is 4.98 Å². The number of ether oxygens (including phenoxy) is 1. The maximum atomic E-state index is 6.01. The number of anilines is 1. The van der Waals surface area contributed by atoms with Gasteiger partial charge in [-0.1, -0.05) is 35.9 Å². The van der Waals surface area contributed by atoms with Crippen LogP contribution < -0.4 is 10.1 Å². The molecule has 0 radical (unpaired) electrons. The van der Waals surface area contributed by atoms with Crippen LogP contribution in [-0.2, 0) is 6.42 Å². The predicted molar refractivity (Wildman–Crippen MR) is 96.7 cm³/mol. The fourth-order valence-corrected chi connectivity index (χ4v) is 2.89. The molecule has 0 aliphatic heterocycles. The number of nitrogens with zero attached hydrogens (tertiary/aromatic N) is 1. The molecule has 0 unspecified atom stereocenters. The van der Waals surface area contributed by atoms with Crippen molar-refractivity contribution in [3.05, 3.63) is 64.7 Å². The van der Waals surface area contributed by atoms with E-state index in [-0.39, 0.29) is 0 Å². The average molecular weight is 327 g/mol. The number of halogens is 1. The molecule has 1 aromatic heterocycles. The summed E-state index contributed by atoms with van der Waals surface area (Å²) in [5.41, 5.74) is 3.28. The molecule has 0 saturated heterocycles. The number of rotatable bonds is 5. The van der Waals surface area contributed by atoms with E-state index in [9.17, 15) is 0 Å². The average Bonchev–Trinajstić information content (AvgIpc) is 2.54. The highest BCUT2D eigenvalue weighted by atomic mass is 35.5. The Labute approximate surface area is 141 Å². The topological polar surface area (TPSA) is 34.1 Å². The quantitative estimate of drug-likeness (QED) is 0.727. The molecular formula is C19H19ClN2O. The summed E-state index contributed by atoms with van der Waals surface area (Å²) in [6.07, 6.45) is 0.894. The summed E-state index contributed by atoms with van der Waals surface area (Å²) < 4.78 is 5.42. The fourth-order valence-electron chi connectivity index (χ4n) is 2.67. The zero-order chi connectivity index (χ0) is 16.2. The summed E-state index contributed by atoms with van der Waals surface area (Å²) in [4.78, 5) is 4.69. The Hall–Kier alpha value is -2.26. The summed E-state index contributed by atoms with van der Waals surface area (Å²) in [5.74, 6) is 1.66. The van der Waals surface area contributed by atoms with Gasteiger partial charge in [-0.3, -0.25) is 0 Å². The van der Waals surface area contributed by atoms with Gasteiger partial charge in [-0.2, -0.15) is 0 Å². The summed E-state index contributed by atoms with van der Waals surface area (Å²) in [5, 5.41) is 5.27. The number of nitrogens with one attached hydrogen (secondary N) is 1. The van der Waals surface area contributed by atoms with E-state index in [1.54, 1.807) is 7.11 Å². The smallest absolute Gasteiger partial charge is 0.145 e. The summed E-state index contributed by atoms with van der Waals surface area (Å²) in [6.45, 7) is 2.89. The van der Waals surface area contributed by atoms with Crippen LogP contribution >= 0.6 is 11.6 Å². The van der Waals surface area contributed by atoms with Crippen LogP contribution in [0.5, 0.6) is 5.75 Å². The first-order valence-corrected chi connectivity index (χ1v) is 7.98. The Morgan fingerprint density at radius 1 is 1.13 bits per heavy atom. The van der Waals surface area contributed by atoms with Crippen molar-refractivity contribution in [2.24, 2.45) is 0 Å². The minimum absolute atomic E-state index is 0.770. The molecule has 0 amide bonds. The summed E-state index contributed by atoms with van der Waals surface area (Å²) >= 11 is 6.01. The fraction of sp³-hybridized carbons (Fsp3) is 0.211. The minimum atomic E-state index is 0.770. The molecule has 23 heavy (non-hydrogen) atoms. The zero-order valence-corrected chi connectivity index (χ0v) is 14.0. The lowest BCUT2D eigenvalue weighted by Gasteiger charge is -2.11. The zero-order valence-electron chi connectivity index (χ0n) is 13.3. The Kier molecular flexibility index (Phi) is 4.68. The normalized spacial score (nSPS) is 10.7. The van der Waals surface area contributed by atoms with Gasteiger partial charge < -0.3 is 10.1 Å². The molecule has 0 atom stereocenters. The molecule has 118 valence electrons. The van der Waals surface area contributed by atoms with Crippen LogP contribution in [0.3, 0.4) is 0 Å². The van der Waals surface area contributed by atoms with Gasteiger partial charge >= 0.3 is 0 Å². The van der Waals surface area contributed by atoms with E-state index in [2.05, 4.69) is 30.4 Å². The second-order valence-corrected chi connectivity index (χ2v) is 5.92. The van der Waals surface area contributed by atoms with Crippen molar-refractivity contribution < 1.29 is 4.74 Å². The largest absolute Gasteiger partial charge is 0.494 e. The SMILES string of the molecule is COc1cccc2c(C)cc(NCCc3cccc(Cl)c3)nc12. The van der Waals surface area contributed by atoms with Gasteiger partial charge in [0.1, 0.15) is 17.1 Å². The van der Waals surface area contributed by atoms with E-state index in [1.807, 2.05) is 30.3 Å². The number of para-hydroxylation sites is 1. The molecule has 0 spiro atoms. The first kappa shape index (κ1) is 15.6. The lowest BCUT2D eigenvalue weighted by molar-refractivity contribution is 0.419. The van der Waals surface area contributed by atoms with Gasteiger partial charge in [0.2, 0.25) is 0 Å². The highest BCUT2D eigenvalue weighted by Gasteiger charge is 2.07. The van der Waals surface area contributed by atoms with Gasteiger partial charge in [-0.15, -0.1) is 0 Å². The Balaban J connectivity index is 1.78. The van der Waals surface area contributed by atoms with Gasteiger partial charge in [-0.05, 0) is 48.7 Å². The highest BCUT2D eigenvalue weighted by molar-refractivity contribution is 6.30. The van der Waals surface area contributed by atoms with Crippen molar-refractivity contribution >= 4 is 28.3 Å². The van der Waals surface area contributed by atoms with Gasteiger partial charge in [0.05, 0.1) is 7.11 Å². The third kappa shape index (κ3) is 3.57. The van der Waals surface area contributed by atoms with Crippen molar-refractivity contribution in [3.63, 3.8) is 0 Å². The van der Waals surface area contributed by atoms with Crippen LogP contribution in [0, 0.1) is 6.92 Å². The van der Waals surface area contributed by atoms with Crippen molar-refractivity contribution in [3.8, 4) is 5.75 Å². The maximum absolute atomic E-state index is 6.01. The van der Waals surface area contributed by atoms with Crippen LogP contribution in [0.1, 0.15) is 11.1 Å². The first-order valence-electron chi connectivity index (χ1n) is 7.60. The van der Waals surface area contributed by atoms with Crippen LogP contribution in [0.2, 0.25) is 5.02 Å². The lowest BCUT2D eigenvalue weighted by Crippen LogP contribution is -2.07. The van der Waals surface area contributed by atoms with Crippen molar-refractivity contribution in [2.75, 3.05) is 19.0 Å². The van der Waals surface area contributed by atoms with E-state index in [1.165, 1.54) is 11.1 Å². The summed E-state index contributed by atoms with van der Waals surface area (Å²) in [6, 6.07) is 16.0. The van der Waals surface area contributed by atoms with Crippen LogP contribution in [0.4, 0.5) is 5.82 Å². The second kappa shape index (κ2) is 6.88. The first-order chi connectivity index (χ1) is 11.2. The number of aryl methyl sites for hydroxylation is 1. The third-order valence-corrected chi connectivity index (χ3v) is 4.07. The molecular weight excluding hydrogens is 308 g/mol. The van der Waals surface area contributed by atoms with Crippen molar-refractivity contribution in [2.45, 2.75) is 13.3 Å². The number of hydrogen-bond donors (Lipinski definition) is 1. The highest BCUT2D eigenvalue weighted by Crippen LogP contribution is 2.27. The van der Waals surface area contributed by atoms with E-state index in [4.69, 9.17) is 21.3 Å². The Morgan fingerprint density at radius 2 is 1.96 bits per heavy atom. The third-order valence-electron chi connectivity index (χ3n) is 3.84. The number of pyridine rings is 1. The molecule has 3 rings (SSSR count). The molecule has 2 aromatic carbocycles. The molecule has 3 nitrogen and oxygen atoms in total. The number of benzene rings is 2. The second-order valence-electron chi connectivity index (χ2n) is 5.49. The number of fused-ring (bicyclic) bond motifs is 1. The monoisotopic (exact) mass is 326 g/mol. The molecule has 0 bridgehead atoms. The molecule has 1 N–H and O–H groups in total. The molecule has 3 aromatic rings. The molecule has 0 aliphatic carbocycles. The molecule has 0 fully saturated rings. The molecule has 0 aliphatic rings. The van der Waals surface area contributed by atoms with Crippen LogP contribution in [-0.4, -0.2) is 18.6 Å². The molecule has 0 saturated carbocycles. The Morgan fingerprint density at radius 3 is 2.74 bits per heavy atom. The predicted octanol–water partition coefficient (Wildman–Crippen LogP) is 4.86. The lowest BCUT2D eigenvalue weighted by atomic mass is 10.1. The molecule has 4 heteroatoms.